The number of benzene rings is 1. The fourth-order valence-corrected chi connectivity index (χ4v) is 2.70. The van der Waals surface area contributed by atoms with Crippen LogP contribution in [-0.4, -0.2) is 17.3 Å². The van der Waals surface area contributed by atoms with Crippen LogP contribution in [-0.2, 0) is 5.75 Å². The number of hydrogen-bond donors (Lipinski definition) is 0. The Hall–Kier alpha value is -2.21. The van der Waals surface area contributed by atoms with Crippen LogP contribution in [0.2, 0.25) is 0 Å². The summed E-state index contributed by atoms with van der Waals surface area (Å²) in [5.74, 6) is 2.80. The van der Waals surface area contributed by atoms with E-state index in [1.807, 2.05) is 37.3 Å². The summed E-state index contributed by atoms with van der Waals surface area (Å²) in [6.07, 6.45) is 1.61. The minimum Gasteiger partial charge on any atom is -0.496 e. The van der Waals surface area contributed by atoms with Crippen LogP contribution in [0.1, 0.15) is 11.3 Å². The molecular weight excluding hydrogens is 288 g/mol. The maximum absolute atomic E-state index is 5.64. The zero-order valence-electron chi connectivity index (χ0n) is 11.7. The van der Waals surface area contributed by atoms with E-state index in [1.54, 1.807) is 13.4 Å². The Morgan fingerprint density at radius 2 is 2.05 bits per heavy atom. The molecule has 3 rings (SSSR count). The number of furan rings is 1. The number of rotatable bonds is 5. The second-order valence-corrected chi connectivity index (χ2v) is 5.29. The maximum Gasteiger partial charge on any atom is 0.277 e. The first-order valence-corrected chi connectivity index (χ1v) is 7.39. The first-order valence-electron chi connectivity index (χ1n) is 6.40. The van der Waals surface area contributed by atoms with Crippen LogP contribution in [0.4, 0.5) is 0 Å². The third-order valence-corrected chi connectivity index (χ3v) is 3.91. The van der Waals surface area contributed by atoms with Crippen molar-refractivity contribution >= 4 is 11.8 Å². The number of ether oxygens (including phenoxy) is 1. The van der Waals surface area contributed by atoms with Gasteiger partial charge in [0.2, 0.25) is 0 Å². The van der Waals surface area contributed by atoms with Crippen LogP contribution < -0.4 is 4.74 Å². The van der Waals surface area contributed by atoms with Gasteiger partial charge in [-0.05, 0) is 19.1 Å². The SMILES string of the molecule is COc1ccccc1CSc1nnc(-c2ccoc2C)o1. The Balaban J connectivity index is 1.72. The Kier molecular flexibility index (Phi) is 3.96. The lowest BCUT2D eigenvalue weighted by molar-refractivity contribution is 0.411. The third-order valence-electron chi connectivity index (χ3n) is 3.04. The van der Waals surface area contributed by atoms with Gasteiger partial charge in [0.05, 0.1) is 18.9 Å². The Morgan fingerprint density at radius 3 is 2.81 bits per heavy atom. The number of hydrogen-bond acceptors (Lipinski definition) is 6. The van der Waals surface area contributed by atoms with E-state index in [4.69, 9.17) is 13.6 Å². The Morgan fingerprint density at radius 1 is 1.19 bits per heavy atom. The second kappa shape index (κ2) is 6.05. The predicted octanol–water partition coefficient (Wildman–Crippen LogP) is 3.94. The van der Waals surface area contributed by atoms with E-state index in [9.17, 15) is 0 Å². The van der Waals surface area contributed by atoms with Crippen molar-refractivity contribution in [1.29, 1.82) is 0 Å². The smallest absolute Gasteiger partial charge is 0.277 e. The summed E-state index contributed by atoms with van der Waals surface area (Å²) in [5, 5.41) is 8.62. The fourth-order valence-electron chi connectivity index (χ4n) is 1.95. The predicted molar refractivity (Wildman–Crippen MR) is 79.3 cm³/mol. The normalized spacial score (nSPS) is 10.8. The molecule has 0 bridgehead atoms. The first-order chi connectivity index (χ1) is 10.3. The van der Waals surface area contributed by atoms with E-state index in [0.29, 0.717) is 16.9 Å². The summed E-state index contributed by atoms with van der Waals surface area (Å²) in [7, 11) is 1.66. The zero-order chi connectivity index (χ0) is 14.7. The van der Waals surface area contributed by atoms with Crippen molar-refractivity contribution in [3.63, 3.8) is 0 Å². The van der Waals surface area contributed by atoms with Gasteiger partial charge in [0.25, 0.3) is 11.1 Å². The van der Waals surface area contributed by atoms with Gasteiger partial charge in [-0.1, -0.05) is 30.0 Å². The van der Waals surface area contributed by atoms with Gasteiger partial charge in [0.15, 0.2) is 0 Å². The summed E-state index contributed by atoms with van der Waals surface area (Å²) >= 11 is 1.48. The molecule has 6 heteroatoms. The quantitative estimate of drug-likeness (QED) is 0.665. The number of nitrogens with zero attached hydrogens (tertiary/aromatic N) is 2. The van der Waals surface area contributed by atoms with Crippen molar-refractivity contribution in [3.05, 3.63) is 47.9 Å². The van der Waals surface area contributed by atoms with Crippen LogP contribution in [0.5, 0.6) is 5.75 Å². The van der Waals surface area contributed by atoms with Gasteiger partial charge in [-0.25, -0.2) is 0 Å². The highest BCUT2D eigenvalue weighted by atomic mass is 32.2. The minimum absolute atomic E-state index is 0.476. The van der Waals surface area contributed by atoms with Crippen molar-refractivity contribution in [2.45, 2.75) is 17.9 Å². The number of aromatic nitrogens is 2. The molecule has 2 heterocycles. The highest BCUT2D eigenvalue weighted by molar-refractivity contribution is 7.98. The molecule has 0 saturated carbocycles. The molecule has 0 radical (unpaired) electrons. The summed E-state index contributed by atoms with van der Waals surface area (Å²) in [5.41, 5.74) is 1.91. The molecule has 0 atom stereocenters. The number of aryl methyl sites for hydroxylation is 1. The molecule has 0 unspecified atom stereocenters. The van der Waals surface area contributed by atoms with Gasteiger partial charge in [0.1, 0.15) is 11.5 Å². The van der Waals surface area contributed by atoms with Gasteiger partial charge < -0.3 is 13.6 Å². The number of methoxy groups -OCH3 is 1. The maximum atomic E-state index is 5.64. The van der Waals surface area contributed by atoms with Crippen LogP contribution in [0, 0.1) is 6.92 Å². The molecule has 0 fully saturated rings. The van der Waals surface area contributed by atoms with Crippen molar-refractivity contribution in [1.82, 2.24) is 10.2 Å². The lowest BCUT2D eigenvalue weighted by Gasteiger charge is -2.05. The van der Waals surface area contributed by atoms with E-state index in [-0.39, 0.29) is 0 Å². The fraction of sp³-hybridized carbons (Fsp3) is 0.200. The molecule has 0 N–H and O–H groups in total. The van der Waals surface area contributed by atoms with Crippen molar-refractivity contribution in [3.8, 4) is 17.2 Å². The molecule has 1 aromatic carbocycles. The van der Waals surface area contributed by atoms with Gasteiger partial charge in [-0.15, -0.1) is 10.2 Å². The number of para-hydroxylation sites is 1. The summed E-state index contributed by atoms with van der Waals surface area (Å²) in [6, 6.07) is 9.69. The highest BCUT2D eigenvalue weighted by Crippen LogP contribution is 2.30. The summed E-state index contributed by atoms with van der Waals surface area (Å²) in [4.78, 5) is 0. The molecule has 2 aromatic heterocycles. The molecule has 0 spiro atoms. The number of thioether (sulfide) groups is 1. The molecular formula is C15H14N2O3S. The van der Waals surface area contributed by atoms with Gasteiger partial charge in [-0.2, -0.15) is 0 Å². The van der Waals surface area contributed by atoms with Crippen molar-refractivity contribution in [2.75, 3.05) is 7.11 Å². The Bertz CT molecular complexity index is 736. The summed E-state index contributed by atoms with van der Waals surface area (Å²) in [6.45, 7) is 1.86. The Labute approximate surface area is 126 Å². The molecule has 0 aliphatic rings. The van der Waals surface area contributed by atoms with Crippen LogP contribution >= 0.6 is 11.8 Å². The van der Waals surface area contributed by atoms with E-state index in [2.05, 4.69) is 10.2 Å². The van der Waals surface area contributed by atoms with E-state index < -0.39 is 0 Å². The van der Waals surface area contributed by atoms with Crippen LogP contribution in [0.15, 0.2) is 50.7 Å². The zero-order valence-corrected chi connectivity index (χ0v) is 12.5. The second-order valence-electron chi connectivity index (χ2n) is 4.36. The molecule has 108 valence electrons. The monoisotopic (exact) mass is 302 g/mol. The van der Waals surface area contributed by atoms with Crippen molar-refractivity contribution < 1.29 is 13.6 Å². The topological polar surface area (TPSA) is 61.3 Å². The summed E-state index contributed by atoms with van der Waals surface area (Å²) < 4.78 is 16.2. The molecule has 5 nitrogen and oxygen atoms in total. The van der Waals surface area contributed by atoms with Crippen molar-refractivity contribution in [2.24, 2.45) is 0 Å². The average Bonchev–Trinajstić information content (AvgIpc) is 3.14. The van der Waals surface area contributed by atoms with Crippen LogP contribution in [0.25, 0.3) is 11.5 Å². The van der Waals surface area contributed by atoms with E-state index >= 15 is 0 Å². The lowest BCUT2D eigenvalue weighted by atomic mass is 10.2. The third kappa shape index (κ3) is 2.95. The largest absolute Gasteiger partial charge is 0.496 e. The van der Waals surface area contributed by atoms with Gasteiger partial charge in [0, 0.05) is 11.3 Å². The molecule has 0 aliphatic carbocycles. The van der Waals surface area contributed by atoms with Gasteiger partial charge in [-0.3, -0.25) is 0 Å². The average molecular weight is 302 g/mol. The molecule has 0 amide bonds. The van der Waals surface area contributed by atoms with Crippen LogP contribution in [0.3, 0.4) is 0 Å². The standard InChI is InChI=1S/C15H14N2O3S/c1-10-12(7-8-19-10)14-16-17-15(20-14)21-9-11-5-3-4-6-13(11)18-2/h3-8H,9H2,1-2H3. The molecule has 0 saturated heterocycles. The molecule has 21 heavy (non-hydrogen) atoms. The minimum atomic E-state index is 0.476. The lowest BCUT2D eigenvalue weighted by Crippen LogP contribution is -1.89. The highest BCUT2D eigenvalue weighted by Gasteiger charge is 2.13. The van der Waals surface area contributed by atoms with E-state index in [1.165, 1.54) is 11.8 Å². The first kappa shape index (κ1) is 13.8. The van der Waals surface area contributed by atoms with Gasteiger partial charge >= 0.3 is 0 Å². The molecule has 3 aromatic rings. The van der Waals surface area contributed by atoms with E-state index in [0.717, 1.165) is 22.6 Å². The molecule has 0 aliphatic heterocycles.